The fourth-order valence-corrected chi connectivity index (χ4v) is 5.24. The Kier molecular flexibility index (Phi) is 8.56. The van der Waals surface area contributed by atoms with E-state index in [1.54, 1.807) is 0 Å². The topological polar surface area (TPSA) is 114 Å². The number of carbonyl (C=O) groups excluding carboxylic acids is 2. The first-order valence-electron chi connectivity index (χ1n) is 11.5. The van der Waals surface area contributed by atoms with Gasteiger partial charge in [-0.1, -0.05) is 13.3 Å². The molecule has 8 heteroatoms. The molecule has 7 nitrogen and oxygen atoms in total. The molecule has 2 aliphatic rings. The molecule has 0 fully saturated rings. The summed E-state index contributed by atoms with van der Waals surface area (Å²) in [6, 6.07) is 6.02. The molecule has 0 spiro atoms. The lowest BCUT2D eigenvalue weighted by Crippen LogP contribution is -2.34. The Morgan fingerprint density at radius 3 is 2.74 bits per heavy atom. The number of ketones is 1. The van der Waals surface area contributed by atoms with Gasteiger partial charge in [-0.2, -0.15) is 5.26 Å². The van der Waals surface area contributed by atoms with Crippen molar-refractivity contribution in [3.8, 4) is 17.6 Å². The minimum Gasteiger partial charge on any atom is -0.490 e. The van der Waals surface area contributed by atoms with Crippen LogP contribution in [0.5, 0.6) is 11.5 Å². The first kappa shape index (κ1) is 25.6. The van der Waals surface area contributed by atoms with E-state index in [-0.39, 0.29) is 12.4 Å². The largest absolute Gasteiger partial charge is 0.490 e. The molecule has 1 heterocycles. The number of nitrogens with one attached hydrogen (secondary N) is 1. The number of carbonyl (C=O) groups is 2. The van der Waals surface area contributed by atoms with Crippen LogP contribution in [-0.4, -0.2) is 24.9 Å². The highest BCUT2D eigenvalue weighted by atomic mass is 79.9. The fourth-order valence-electron chi connectivity index (χ4n) is 4.67. The van der Waals surface area contributed by atoms with Crippen molar-refractivity contribution < 1.29 is 19.1 Å². The number of hydrogen-bond acceptors (Lipinski definition) is 6. The number of ether oxygens (including phenoxy) is 2. The number of dihydropyridines is 1. The molecule has 2 unspecified atom stereocenters. The van der Waals surface area contributed by atoms with Crippen LogP contribution in [0, 0.1) is 17.2 Å². The zero-order valence-corrected chi connectivity index (χ0v) is 21.3. The highest BCUT2D eigenvalue weighted by molar-refractivity contribution is 9.10. The Balaban J connectivity index is 2.06. The van der Waals surface area contributed by atoms with Gasteiger partial charge in [0.25, 0.3) is 0 Å². The van der Waals surface area contributed by atoms with Gasteiger partial charge in [-0.15, -0.1) is 0 Å². The maximum atomic E-state index is 13.3. The van der Waals surface area contributed by atoms with Crippen molar-refractivity contribution in [2.24, 2.45) is 11.7 Å². The third-order valence-corrected chi connectivity index (χ3v) is 6.59. The summed E-state index contributed by atoms with van der Waals surface area (Å²) in [4.78, 5) is 24.2. The van der Waals surface area contributed by atoms with E-state index < -0.39 is 11.8 Å². The van der Waals surface area contributed by atoms with Gasteiger partial charge in [0.15, 0.2) is 17.3 Å². The second kappa shape index (κ2) is 11.4. The SMILES string of the molecule is CCCC1CC(=O)C2=C(C1)NC(C)=C(C#N)C2c1cc(Br)c(OCC=CC(N)=O)c(OCC)c1. The van der Waals surface area contributed by atoms with Crippen LogP contribution in [0.3, 0.4) is 0 Å². The first-order chi connectivity index (χ1) is 16.3. The quantitative estimate of drug-likeness (QED) is 0.446. The Hall–Kier alpha value is -3.05. The van der Waals surface area contributed by atoms with Crippen LogP contribution in [-0.2, 0) is 9.59 Å². The summed E-state index contributed by atoms with van der Waals surface area (Å²) in [6.45, 7) is 6.41. The Morgan fingerprint density at radius 2 is 2.09 bits per heavy atom. The van der Waals surface area contributed by atoms with Gasteiger partial charge in [-0.05, 0) is 72.3 Å². The smallest absolute Gasteiger partial charge is 0.241 e. The zero-order valence-electron chi connectivity index (χ0n) is 19.7. The van der Waals surface area contributed by atoms with Crippen LogP contribution < -0.4 is 20.5 Å². The van der Waals surface area contributed by atoms with Crippen LogP contribution in [0.25, 0.3) is 0 Å². The van der Waals surface area contributed by atoms with E-state index in [2.05, 4.69) is 34.2 Å². The fraction of sp³-hybridized carbons (Fsp3) is 0.423. The average molecular weight is 528 g/mol. The standard InChI is InChI=1S/C26H30BrN3O4/c1-4-7-16-10-20-25(21(31)11-16)24(18(14-28)15(3)30-20)17-12-19(27)26(22(13-17)33-5-2)34-9-6-8-23(29)32/h6,8,12-13,16,24,30H,4-5,7,9-11H2,1-3H3,(H2,29,32). The second-order valence-electron chi connectivity index (χ2n) is 8.47. The molecule has 0 saturated heterocycles. The Labute approximate surface area is 208 Å². The van der Waals surface area contributed by atoms with Crippen LogP contribution in [0.15, 0.2) is 51.3 Å². The van der Waals surface area contributed by atoms with E-state index in [4.69, 9.17) is 15.2 Å². The van der Waals surface area contributed by atoms with E-state index in [1.807, 2.05) is 26.0 Å². The number of primary amides is 1. The molecule has 3 rings (SSSR count). The second-order valence-corrected chi connectivity index (χ2v) is 9.32. The summed E-state index contributed by atoms with van der Waals surface area (Å²) in [5.74, 6) is 0.333. The van der Waals surface area contributed by atoms with Crippen molar-refractivity contribution in [3.05, 3.63) is 56.9 Å². The molecule has 1 amide bonds. The van der Waals surface area contributed by atoms with Crippen LogP contribution in [0.2, 0.25) is 0 Å². The van der Waals surface area contributed by atoms with Gasteiger partial charge >= 0.3 is 0 Å². The van der Waals surface area contributed by atoms with E-state index in [1.165, 1.54) is 12.2 Å². The molecule has 1 aromatic rings. The number of nitrogens with two attached hydrogens (primary N) is 1. The van der Waals surface area contributed by atoms with Crippen LogP contribution >= 0.6 is 15.9 Å². The van der Waals surface area contributed by atoms with E-state index in [9.17, 15) is 14.9 Å². The number of allylic oxidation sites excluding steroid dienone is 4. The molecular formula is C26H30BrN3O4. The van der Waals surface area contributed by atoms with Crippen LogP contribution in [0.1, 0.15) is 57.9 Å². The summed E-state index contributed by atoms with van der Waals surface area (Å²) in [5.41, 5.74) is 8.78. The van der Waals surface area contributed by atoms with Gasteiger partial charge in [0.05, 0.1) is 28.6 Å². The Morgan fingerprint density at radius 1 is 1.32 bits per heavy atom. The Bertz CT molecular complexity index is 1110. The maximum Gasteiger partial charge on any atom is 0.241 e. The van der Waals surface area contributed by atoms with Crippen molar-refractivity contribution in [3.63, 3.8) is 0 Å². The number of rotatable bonds is 9. The third-order valence-electron chi connectivity index (χ3n) is 6.00. The molecule has 180 valence electrons. The van der Waals surface area contributed by atoms with Gasteiger partial charge in [-0.3, -0.25) is 9.59 Å². The van der Waals surface area contributed by atoms with Gasteiger partial charge in [0.2, 0.25) is 5.91 Å². The van der Waals surface area contributed by atoms with E-state index >= 15 is 0 Å². The highest BCUT2D eigenvalue weighted by Crippen LogP contribution is 2.47. The molecule has 0 aromatic heterocycles. The summed E-state index contributed by atoms with van der Waals surface area (Å²) < 4.78 is 12.3. The number of hydrogen-bond donors (Lipinski definition) is 2. The van der Waals surface area contributed by atoms with Gasteiger partial charge in [-0.25, -0.2) is 0 Å². The predicted molar refractivity (Wildman–Crippen MR) is 133 cm³/mol. The lowest BCUT2D eigenvalue weighted by molar-refractivity contribution is -0.117. The number of halogens is 1. The maximum absolute atomic E-state index is 13.3. The van der Waals surface area contributed by atoms with Crippen molar-refractivity contribution >= 4 is 27.6 Å². The average Bonchev–Trinajstić information content (AvgIpc) is 2.77. The minimum absolute atomic E-state index is 0.0865. The van der Waals surface area contributed by atoms with Crippen molar-refractivity contribution in [1.82, 2.24) is 5.32 Å². The third kappa shape index (κ3) is 5.53. The molecule has 1 aliphatic carbocycles. The molecule has 1 aliphatic heterocycles. The molecule has 1 aromatic carbocycles. The number of nitriles is 1. The number of Topliss-reactive ketones (excluding diaryl/α,β-unsaturated/α-hetero) is 1. The molecule has 0 bridgehead atoms. The molecule has 34 heavy (non-hydrogen) atoms. The van der Waals surface area contributed by atoms with Crippen molar-refractivity contribution in [1.29, 1.82) is 5.26 Å². The first-order valence-corrected chi connectivity index (χ1v) is 12.3. The number of nitrogens with zero attached hydrogens (tertiary/aromatic N) is 1. The van der Waals surface area contributed by atoms with E-state index in [0.29, 0.717) is 46.1 Å². The normalized spacial score (nSPS) is 20.1. The lowest BCUT2D eigenvalue weighted by atomic mass is 9.72. The monoisotopic (exact) mass is 527 g/mol. The van der Waals surface area contributed by atoms with Gasteiger partial charge in [0.1, 0.15) is 6.61 Å². The van der Waals surface area contributed by atoms with Gasteiger partial charge in [0, 0.05) is 29.5 Å². The highest BCUT2D eigenvalue weighted by Gasteiger charge is 2.39. The molecule has 3 N–H and O–H groups in total. The molecule has 2 atom stereocenters. The minimum atomic E-state index is -0.553. The summed E-state index contributed by atoms with van der Waals surface area (Å²) in [5, 5.41) is 13.3. The van der Waals surface area contributed by atoms with Crippen LogP contribution in [0.4, 0.5) is 0 Å². The number of benzene rings is 1. The molecular weight excluding hydrogens is 498 g/mol. The van der Waals surface area contributed by atoms with Crippen molar-refractivity contribution in [2.75, 3.05) is 13.2 Å². The molecule has 0 saturated carbocycles. The van der Waals surface area contributed by atoms with E-state index in [0.717, 1.165) is 36.2 Å². The lowest BCUT2D eigenvalue weighted by Gasteiger charge is -2.35. The van der Waals surface area contributed by atoms with Gasteiger partial charge < -0.3 is 20.5 Å². The van der Waals surface area contributed by atoms with Crippen molar-refractivity contribution in [2.45, 2.75) is 52.4 Å². The molecule has 0 radical (unpaired) electrons. The summed E-state index contributed by atoms with van der Waals surface area (Å²) >= 11 is 3.57. The predicted octanol–water partition coefficient (Wildman–Crippen LogP) is 4.79. The summed E-state index contributed by atoms with van der Waals surface area (Å²) in [7, 11) is 0. The zero-order chi connectivity index (χ0) is 24.8. The summed E-state index contributed by atoms with van der Waals surface area (Å²) in [6.07, 6.45) is 6.08. The number of amides is 1.